The molecule has 0 aliphatic carbocycles. The largest absolute Gasteiger partial charge is 0.334 e. The molecule has 0 fully saturated rings. The Morgan fingerprint density at radius 1 is 1.04 bits per heavy atom. The number of thiophene rings is 1. The molecule has 2 amide bonds. The zero-order valence-corrected chi connectivity index (χ0v) is 14.3. The van der Waals surface area contributed by atoms with Crippen LogP contribution in [0.1, 0.15) is 16.0 Å². The van der Waals surface area contributed by atoms with Gasteiger partial charge in [0.15, 0.2) is 0 Å². The number of sulfonamides is 1. The van der Waals surface area contributed by atoms with Crippen molar-refractivity contribution in [1.82, 2.24) is 15.4 Å². The maximum absolute atomic E-state index is 11.7. The molecule has 0 saturated heterocycles. The number of nitrogens with one attached hydrogen (secondary N) is 3. The monoisotopic (exact) mass is 353 g/mol. The van der Waals surface area contributed by atoms with Crippen molar-refractivity contribution in [3.63, 3.8) is 0 Å². The highest BCUT2D eigenvalue weighted by molar-refractivity contribution is 7.88. The van der Waals surface area contributed by atoms with Crippen molar-refractivity contribution in [2.75, 3.05) is 7.05 Å². The third-order valence-electron chi connectivity index (χ3n) is 3.15. The molecule has 0 spiro atoms. The molecule has 6 nitrogen and oxygen atoms in total. The summed E-state index contributed by atoms with van der Waals surface area (Å²) in [5.74, 6) is -0.0570. The van der Waals surface area contributed by atoms with E-state index >= 15 is 0 Å². The summed E-state index contributed by atoms with van der Waals surface area (Å²) in [5.41, 5.74) is 1.60. The highest BCUT2D eigenvalue weighted by Crippen LogP contribution is 2.08. The zero-order chi connectivity index (χ0) is 16.7. The Morgan fingerprint density at radius 3 is 2.30 bits per heavy atom. The first kappa shape index (κ1) is 17.5. The van der Waals surface area contributed by atoms with E-state index in [9.17, 15) is 13.2 Å². The third kappa shape index (κ3) is 6.01. The average molecular weight is 353 g/mol. The zero-order valence-electron chi connectivity index (χ0n) is 12.7. The molecular formula is C15H19N3O3S2. The van der Waals surface area contributed by atoms with Gasteiger partial charge in [-0.25, -0.2) is 17.9 Å². The number of rotatable bonds is 7. The predicted octanol–water partition coefficient (Wildman–Crippen LogP) is 1.80. The van der Waals surface area contributed by atoms with Crippen LogP contribution in [0, 0.1) is 0 Å². The topological polar surface area (TPSA) is 87.3 Å². The standard InChI is InChI=1S/C15H19N3O3S2/c1-16-23(20,21)11-13-6-4-12(5-7-13)9-17-15(19)18-10-14-3-2-8-22-14/h2-8,16H,9-11H2,1H3,(H2,17,18,19). The van der Waals surface area contributed by atoms with Crippen LogP contribution in [0.15, 0.2) is 41.8 Å². The molecule has 0 radical (unpaired) electrons. The Hall–Kier alpha value is -1.90. The molecular weight excluding hydrogens is 334 g/mol. The Balaban J connectivity index is 1.78. The van der Waals surface area contributed by atoms with Gasteiger partial charge in [0.2, 0.25) is 10.0 Å². The quantitative estimate of drug-likeness (QED) is 0.709. The minimum atomic E-state index is -3.27. The molecule has 1 aromatic heterocycles. The van der Waals surface area contributed by atoms with Crippen molar-refractivity contribution in [1.29, 1.82) is 0 Å². The molecule has 1 aromatic carbocycles. The van der Waals surface area contributed by atoms with Gasteiger partial charge in [-0.2, -0.15) is 0 Å². The van der Waals surface area contributed by atoms with Gasteiger partial charge in [-0.1, -0.05) is 30.3 Å². The second kappa shape index (κ2) is 8.09. The highest BCUT2D eigenvalue weighted by atomic mass is 32.2. The third-order valence-corrected chi connectivity index (χ3v) is 5.36. The molecule has 3 N–H and O–H groups in total. The molecule has 0 saturated carbocycles. The molecule has 1 heterocycles. The van der Waals surface area contributed by atoms with E-state index in [2.05, 4.69) is 15.4 Å². The number of carbonyl (C=O) groups is 1. The van der Waals surface area contributed by atoms with Crippen molar-refractivity contribution in [2.45, 2.75) is 18.8 Å². The summed E-state index contributed by atoms with van der Waals surface area (Å²) >= 11 is 1.59. The lowest BCUT2D eigenvalue weighted by Gasteiger charge is -2.08. The lowest BCUT2D eigenvalue weighted by molar-refractivity contribution is 0.240. The molecule has 0 unspecified atom stereocenters. The van der Waals surface area contributed by atoms with E-state index < -0.39 is 10.0 Å². The van der Waals surface area contributed by atoms with Crippen LogP contribution in [0.2, 0.25) is 0 Å². The Bertz CT molecular complexity index is 726. The van der Waals surface area contributed by atoms with Crippen LogP contribution < -0.4 is 15.4 Å². The van der Waals surface area contributed by atoms with Crippen LogP contribution >= 0.6 is 11.3 Å². The molecule has 2 rings (SSSR count). The van der Waals surface area contributed by atoms with Crippen LogP contribution in [0.4, 0.5) is 4.79 Å². The normalized spacial score (nSPS) is 11.2. The fraction of sp³-hybridized carbons (Fsp3) is 0.267. The Labute approximate surface area is 140 Å². The van der Waals surface area contributed by atoms with Gasteiger partial charge in [-0.05, 0) is 29.6 Å². The molecule has 0 aliphatic rings. The summed E-state index contributed by atoms with van der Waals surface area (Å²) in [6, 6.07) is 10.8. The van der Waals surface area contributed by atoms with Gasteiger partial charge in [0.1, 0.15) is 0 Å². The summed E-state index contributed by atoms with van der Waals surface area (Å²) in [7, 11) is -1.88. The second-order valence-electron chi connectivity index (χ2n) is 4.90. The van der Waals surface area contributed by atoms with E-state index in [0.717, 1.165) is 10.4 Å². The molecule has 2 aromatic rings. The number of carbonyl (C=O) groups excluding carboxylic acids is 1. The van der Waals surface area contributed by atoms with Crippen molar-refractivity contribution in [3.8, 4) is 0 Å². The van der Waals surface area contributed by atoms with Gasteiger partial charge < -0.3 is 10.6 Å². The SMILES string of the molecule is CNS(=O)(=O)Cc1ccc(CNC(=O)NCc2cccs2)cc1. The number of hydrogen-bond donors (Lipinski definition) is 3. The summed E-state index contributed by atoms with van der Waals surface area (Å²) < 4.78 is 25.2. The van der Waals surface area contributed by atoms with Crippen molar-refractivity contribution in [3.05, 3.63) is 57.8 Å². The molecule has 0 bridgehead atoms. The summed E-state index contributed by atoms with van der Waals surface area (Å²) in [4.78, 5) is 12.8. The minimum absolute atomic E-state index is 0.0570. The van der Waals surface area contributed by atoms with E-state index in [4.69, 9.17) is 0 Å². The minimum Gasteiger partial charge on any atom is -0.334 e. The smallest absolute Gasteiger partial charge is 0.315 e. The van der Waals surface area contributed by atoms with Crippen molar-refractivity contribution < 1.29 is 13.2 Å². The van der Waals surface area contributed by atoms with Crippen LogP contribution in [0.5, 0.6) is 0 Å². The molecule has 0 aliphatic heterocycles. The fourth-order valence-corrected chi connectivity index (χ4v) is 3.29. The predicted molar refractivity (Wildman–Crippen MR) is 91.5 cm³/mol. The number of benzene rings is 1. The lowest BCUT2D eigenvalue weighted by atomic mass is 10.1. The van der Waals surface area contributed by atoms with Crippen LogP contribution in [0.3, 0.4) is 0 Å². The number of urea groups is 1. The van der Waals surface area contributed by atoms with Crippen LogP contribution in [-0.2, 0) is 28.9 Å². The first-order valence-corrected chi connectivity index (χ1v) is 9.55. The average Bonchev–Trinajstić information content (AvgIpc) is 3.05. The summed E-state index contributed by atoms with van der Waals surface area (Å²) in [6.07, 6.45) is 0. The number of hydrogen-bond acceptors (Lipinski definition) is 4. The van der Waals surface area contributed by atoms with E-state index in [1.165, 1.54) is 7.05 Å². The Morgan fingerprint density at radius 2 is 1.70 bits per heavy atom. The van der Waals surface area contributed by atoms with Gasteiger partial charge in [0.05, 0.1) is 12.3 Å². The van der Waals surface area contributed by atoms with E-state index in [0.29, 0.717) is 18.7 Å². The van der Waals surface area contributed by atoms with Gasteiger partial charge in [0.25, 0.3) is 0 Å². The summed E-state index contributed by atoms with van der Waals surface area (Å²) in [6.45, 7) is 0.889. The first-order chi connectivity index (χ1) is 11.0. The second-order valence-corrected chi connectivity index (χ2v) is 7.85. The first-order valence-electron chi connectivity index (χ1n) is 7.01. The van der Waals surface area contributed by atoms with Gasteiger partial charge in [-0.15, -0.1) is 11.3 Å². The lowest BCUT2D eigenvalue weighted by Crippen LogP contribution is -2.34. The molecule has 8 heteroatoms. The maximum atomic E-state index is 11.7. The maximum Gasteiger partial charge on any atom is 0.315 e. The van der Waals surface area contributed by atoms with Crippen molar-refractivity contribution in [2.24, 2.45) is 0 Å². The van der Waals surface area contributed by atoms with E-state index in [1.807, 2.05) is 17.5 Å². The van der Waals surface area contributed by atoms with Gasteiger partial charge >= 0.3 is 6.03 Å². The molecule has 124 valence electrons. The van der Waals surface area contributed by atoms with Crippen LogP contribution in [-0.4, -0.2) is 21.5 Å². The van der Waals surface area contributed by atoms with Gasteiger partial charge in [-0.3, -0.25) is 0 Å². The Kier molecular flexibility index (Phi) is 6.14. The van der Waals surface area contributed by atoms with E-state index in [-0.39, 0.29) is 11.8 Å². The van der Waals surface area contributed by atoms with E-state index in [1.54, 1.807) is 35.6 Å². The van der Waals surface area contributed by atoms with Crippen molar-refractivity contribution >= 4 is 27.4 Å². The summed E-state index contributed by atoms with van der Waals surface area (Å²) in [5, 5.41) is 7.51. The fourth-order valence-electron chi connectivity index (χ4n) is 1.87. The molecule has 23 heavy (non-hydrogen) atoms. The van der Waals surface area contributed by atoms with Gasteiger partial charge in [0, 0.05) is 11.4 Å². The molecule has 0 atom stereocenters. The highest BCUT2D eigenvalue weighted by Gasteiger charge is 2.08. The van der Waals surface area contributed by atoms with Crippen LogP contribution in [0.25, 0.3) is 0 Å². The number of amides is 2.